The molecule has 0 bridgehead atoms. The van der Waals surface area contributed by atoms with Crippen molar-refractivity contribution in [1.82, 2.24) is 0 Å². The second-order valence-corrected chi connectivity index (χ2v) is 3.70. The van der Waals surface area contributed by atoms with Gasteiger partial charge in [-0.05, 0) is 37.1 Å². The minimum Gasteiger partial charge on any atom is -0.466 e. The van der Waals surface area contributed by atoms with Crippen molar-refractivity contribution in [3.63, 3.8) is 0 Å². The van der Waals surface area contributed by atoms with E-state index in [-0.39, 0.29) is 12.4 Å². The third kappa shape index (κ3) is 2.74. The molecule has 1 aromatic rings. The summed E-state index contributed by atoms with van der Waals surface area (Å²) in [5.41, 5.74) is 1.87. The third-order valence-electron chi connectivity index (χ3n) is 2.28. The molecule has 1 rings (SSSR count). The van der Waals surface area contributed by atoms with Gasteiger partial charge in [-0.2, -0.15) is 5.26 Å². The Kier molecular flexibility index (Phi) is 4.33. The third-order valence-corrected chi connectivity index (χ3v) is 2.69. The molecule has 0 N–H and O–H groups in total. The number of hydrogen-bond donors (Lipinski definition) is 0. The molecule has 0 unspecified atom stereocenters. The van der Waals surface area contributed by atoms with E-state index in [9.17, 15) is 4.79 Å². The summed E-state index contributed by atoms with van der Waals surface area (Å²) in [5, 5.41) is 9.49. The van der Waals surface area contributed by atoms with Crippen LogP contribution in [0.15, 0.2) is 12.1 Å². The number of hydrogen-bond acceptors (Lipinski definition) is 3. The molecule has 3 nitrogen and oxygen atoms in total. The van der Waals surface area contributed by atoms with E-state index < -0.39 is 0 Å². The first-order valence-corrected chi connectivity index (χ1v) is 5.31. The van der Waals surface area contributed by atoms with Crippen molar-refractivity contribution >= 4 is 17.6 Å². The molecule has 0 aliphatic rings. The lowest BCUT2D eigenvalue weighted by atomic mass is 10.00. The Hall–Kier alpha value is -1.53. The van der Waals surface area contributed by atoms with Gasteiger partial charge in [0, 0.05) is 5.02 Å². The van der Waals surface area contributed by atoms with Gasteiger partial charge in [0.1, 0.15) is 0 Å². The lowest BCUT2D eigenvalue weighted by molar-refractivity contribution is -0.142. The maximum absolute atomic E-state index is 11.4. The Morgan fingerprint density at radius 3 is 2.81 bits per heavy atom. The fourth-order valence-electron chi connectivity index (χ4n) is 1.42. The zero-order valence-corrected chi connectivity index (χ0v) is 9.97. The van der Waals surface area contributed by atoms with E-state index in [0.717, 1.165) is 5.56 Å². The van der Waals surface area contributed by atoms with Crippen LogP contribution in [0.2, 0.25) is 5.02 Å². The van der Waals surface area contributed by atoms with Gasteiger partial charge in [-0.25, -0.2) is 0 Å². The van der Waals surface area contributed by atoms with Gasteiger partial charge < -0.3 is 4.74 Å². The minimum atomic E-state index is -0.343. The molecular formula is C12H12ClNO2. The van der Waals surface area contributed by atoms with Crippen LogP contribution in [0.25, 0.3) is 0 Å². The number of carbonyl (C=O) groups is 1. The second-order valence-electron chi connectivity index (χ2n) is 3.29. The van der Waals surface area contributed by atoms with E-state index in [4.69, 9.17) is 21.6 Å². The summed E-state index contributed by atoms with van der Waals surface area (Å²) < 4.78 is 4.85. The second kappa shape index (κ2) is 5.53. The summed E-state index contributed by atoms with van der Waals surface area (Å²) in [6.07, 6.45) is 0.0864. The maximum atomic E-state index is 11.4. The van der Waals surface area contributed by atoms with E-state index in [2.05, 4.69) is 0 Å². The lowest BCUT2D eigenvalue weighted by Crippen LogP contribution is -2.10. The van der Waals surface area contributed by atoms with Gasteiger partial charge in [0.05, 0.1) is 24.7 Å². The molecular weight excluding hydrogens is 226 g/mol. The van der Waals surface area contributed by atoms with E-state index in [0.29, 0.717) is 22.8 Å². The van der Waals surface area contributed by atoms with Gasteiger partial charge in [-0.15, -0.1) is 0 Å². The van der Waals surface area contributed by atoms with Crippen molar-refractivity contribution in [3.8, 4) is 6.07 Å². The Balaban J connectivity index is 3.07. The van der Waals surface area contributed by atoms with Gasteiger partial charge in [-0.3, -0.25) is 4.79 Å². The Morgan fingerprint density at radius 1 is 1.56 bits per heavy atom. The Labute approximate surface area is 99.6 Å². The number of nitrogens with zero attached hydrogens (tertiary/aromatic N) is 1. The first-order chi connectivity index (χ1) is 7.60. The molecule has 0 spiro atoms. The topological polar surface area (TPSA) is 50.1 Å². The van der Waals surface area contributed by atoms with E-state index in [1.165, 1.54) is 0 Å². The van der Waals surface area contributed by atoms with Crippen molar-refractivity contribution < 1.29 is 9.53 Å². The van der Waals surface area contributed by atoms with Crippen LogP contribution < -0.4 is 0 Å². The summed E-state index contributed by atoms with van der Waals surface area (Å²) >= 11 is 5.94. The molecule has 0 aromatic heterocycles. The number of ether oxygens (including phenoxy) is 1. The van der Waals surface area contributed by atoms with Crippen LogP contribution in [-0.2, 0) is 16.0 Å². The van der Waals surface area contributed by atoms with Crippen molar-refractivity contribution in [2.75, 3.05) is 6.61 Å². The molecule has 4 heteroatoms. The molecule has 0 heterocycles. The fraction of sp³-hybridized carbons (Fsp3) is 0.333. The zero-order chi connectivity index (χ0) is 12.1. The van der Waals surface area contributed by atoms with Crippen molar-refractivity contribution in [3.05, 3.63) is 33.8 Å². The number of rotatable bonds is 3. The quantitative estimate of drug-likeness (QED) is 0.760. The minimum absolute atomic E-state index is 0.0864. The first-order valence-electron chi connectivity index (χ1n) is 4.93. The summed E-state index contributed by atoms with van der Waals surface area (Å²) in [4.78, 5) is 11.4. The van der Waals surface area contributed by atoms with Crippen molar-refractivity contribution in [2.24, 2.45) is 0 Å². The van der Waals surface area contributed by atoms with Gasteiger partial charge in [0.15, 0.2) is 0 Å². The molecule has 1 aromatic carbocycles. The van der Waals surface area contributed by atoms with E-state index in [1.807, 2.05) is 6.07 Å². The number of esters is 1. The van der Waals surface area contributed by atoms with Crippen LogP contribution in [0.3, 0.4) is 0 Å². The van der Waals surface area contributed by atoms with Crippen LogP contribution in [0.1, 0.15) is 23.6 Å². The highest BCUT2D eigenvalue weighted by Gasteiger charge is 2.13. The molecule has 84 valence electrons. The van der Waals surface area contributed by atoms with Gasteiger partial charge in [0.2, 0.25) is 0 Å². The molecule has 0 saturated heterocycles. The molecule has 0 aliphatic heterocycles. The van der Waals surface area contributed by atoms with Crippen molar-refractivity contribution in [1.29, 1.82) is 5.26 Å². The fourth-order valence-corrected chi connectivity index (χ4v) is 1.59. The van der Waals surface area contributed by atoms with Crippen LogP contribution >= 0.6 is 11.6 Å². The lowest BCUT2D eigenvalue weighted by Gasteiger charge is -2.09. The predicted molar refractivity (Wildman–Crippen MR) is 61.2 cm³/mol. The molecule has 0 amide bonds. The highest BCUT2D eigenvalue weighted by Crippen LogP contribution is 2.23. The summed E-state index contributed by atoms with van der Waals surface area (Å²) in [6, 6.07) is 5.32. The van der Waals surface area contributed by atoms with Gasteiger partial charge in [-0.1, -0.05) is 11.6 Å². The molecule has 16 heavy (non-hydrogen) atoms. The normalized spacial score (nSPS) is 9.62. The Bertz CT molecular complexity index is 449. The SMILES string of the molecule is CCOC(=O)Cc1c(C#N)ccc(Cl)c1C. The number of halogens is 1. The maximum Gasteiger partial charge on any atom is 0.310 e. The first kappa shape index (κ1) is 12.5. The number of carbonyl (C=O) groups excluding carboxylic acids is 1. The van der Waals surface area contributed by atoms with E-state index >= 15 is 0 Å². The summed E-state index contributed by atoms with van der Waals surface area (Å²) in [5.74, 6) is -0.343. The highest BCUT2D eigenvalue weighted by atomic mass is 35.5. The highest BCUT2D eigenvalue weighted by molar-refractivity contribution is 6.31. The zero-order valence-electron chi connectivity index (χ0n) is 9.21. The van der Waals surface area contributed by atoms with Gasteiger partial charge in [0.25, 0.3) is 0 Å². The summed E-state index contributed by atoms with van der Waals surface area (Å²) in [7, 11) is 0. The molecule has 0 aliphatic carbocycles. The molecule has 0 atom stereocenters. The van der Waals surface area contributed by atoms with Crippen LogP contribution in [0.5, 0.6) is 0 Å². The van der Waals surface area contributed by atoms with Crippen LogP contribution in [0, 0.1) is 18.3 Å². The molecule has 0 saturated carbocycles. The number of nitriles is 1. The molecule has 0 fully saturated rings. The van der Waals surface area contributed by atoms with Crippen LogP contribution in [0.4, 0.5) is 0 Å². The average molecular weight is 238 g/mol. The predicted octanol–water partition coefficient (Wildman–Crippen LogP) is 2.63. The van der Waals surface area contributed by atoms with Gasteiger partial charge >= 0.3 is 5.97 Å². The summed E-state index contributed by atoms with van der Waals surface area (Å²) in [6.45, 7) is 3.87. The monoisotopic (exact) mass is 237 g/mol. The molecule has 0 radical (unpaired) electrons. The standard InChI is InChI=1S/C12H12ClNO2/c1-3-16-12(15)6-10-8(2)11(13)5-4-9(10)7-14/h4-5H,3,6H2,1-2H3. The smallest absolute Gasteiger partial charge is 0.310 e. The van der Waals surface area contributed by atoms with Crippen molar-refractivity contribution in [2.45, 2.75) is 20.3 Å². The van der Waals surface area contributed by atoms with Crippen LogP contribution in [-0.4, -0.2) is 12.6 Å². The van der Waals surface area contributed by atoms with E-state index in [1.54, 1.807) is 26.0 Å². The average Bonchev–Trinajstić information content (AvgIpc) is 2.25. The Morgan fingerprint density at radius 2 is 2.25 bits per heavy atom. The largest absolute Gasteiger partial charge is 0.466 e. The number of benzene rings is 1.